The van der Waals surface area contributed by atoms with Crippen LogP contribution in [0.2, 0.25) is 0 Å². The van der Waals surface area contributed by atoms with Gasteiger partial charge in [0, 0.05) is 22.2 Å². The van der Waals surface area contributed by atoms with Crippen LogP contribution in [0.4, 0.5) is 4.39 Å². The Morgan fingerprint density at radius 1 is 1.27 bits per heavy atom. The van der Waals surface area contributed by atoms with Crippen molar-refractivity contribution in [1.29, 1.82) is 0 Å². The molecular weight excluding hydrogens is 458 g/mol. The van der Waals surface area contributed by atoms with Crippen LogP contribution in [-0.4, -0.2) is 48.9 Å². The Balaban J connectivity index is 1.52. The van der Waals surface area contributed by atoms with Crippen LogP contribution in [0.15, 0.2) is 30.7 Å². The van der Waals surface area contributed by atoms with E-state index in [0.29, 0.717) is 27.7 Å². The van der Waals surface area contributed by atoms with Gasteiger partial charge in [0.15, 0.2) is 18.4 Å². The molecule has 0 fully saturated rings. The molecule has 4 aromatic rings. The van der Waals surface area contributed by atoms with Crippen molar-refractivity contribution in [2.24, 2.45) is 0 Å². The average Bonchev–Trinajstić information content (AvgIpc) is 3.28. The smallest absolute Gasteiger partial charge is 0.471 e. The summed E-state index contributed by atoms with van der Waals surface area (Å²) in [6.45, 7) is 4.77. The third-order valence-electron chi connectivity index (χ3n) is 4.84. The summed E-state index contributed by atoms with van der Waals surface area (Å²) >= 11 is 0. The van der Waals surface area contributed by atoms with Crippen molar-refractivity contribution in [1.82, 2.24) is 19.6 Å². The number of benzene rings is 1. The molecule has 3 aromatic heterocycles. The summed E-state index contributed by atoms with van der Waals surface area (Å²) in [7, 11) is -4.60. The molecule has 3 N–H and O–H groups in total. The van der Waals surface area contributed by atoms with Crippen LogP contribution in [0.1, 0.15) is 18.2 Å². The summed E-state index contributed by atoms with van der Waals surface area (Å²) in [6, 6.07) is 4.96. The van der Waals surface area contributed by atoms with Gasteiger partial charge in [-0.1, -0.05) is 0 Å². The van der Waals surface area contributed by atoms with E-state index in [0.717, 1.165) is 5.69 Å². The lowest BCUT2D eigenvalue weighted by Gasteiger charge is -2.14. The molecule has 0 amide bonds. The first kappa shape index (κ1) is 23.1. The number of hydrogen-bond acceptors (Lipinski definition) is 7. The van der Waals surface area contributed by atoms with Crippen LogP contribution in [-0.2, 0) is 13.8 Å². The highest BCUT2D eigenvalue weighted by Gasteiger charge is 2.19. The molecule has 0 aliphatic carbocycles. The molecule has 3 heterocycles. The zero-order valence-corrected chi connectivity index (χ0v) is 18.9. The molecule has 0 bridgehead atoms. The maximum Gasteiger partial charge on any atom is 0.471 e. The third kappa shape index (κ3) is 5.15. The number of aryl methyl sites for hydroxylation is 2. The maximum absolute atomic E-state index is 15.0. The van der Waals surface area contributed by atoms with Crippen molar-refractivity contribution in [3.63, 3.8) is 0 Å². The average molecular weight is 480 g/mol. The molecular formula is C20H22FN4O7P. The van der Waals surface area contributed by atoms with Crippen LogP contribution in [0, 0.1) is 19.7 Å². The predicted octanol–water partition coefficient (Wildman–Crippen LogP) is 3.61. The molecule has 0 saturated heterocycles. The normalized spacial score (nSPS) is 13.0. The van der Waals surface area contributed by atoms with Crippen molar-refractivity contribution in [3.8, 4) is 17.4 Å². The minimum atomic E-state index is -4.60. The van der Waals surface area contributed by atoms with Gasteiger partial charge in [-0.15, -0.1) is 0 Å². The van der Waals surface area contributed by atoms with E-state index >= 15 is 0 Å². The summed E-state index contributed by atoms with van der Waals surface area (Å²) in [4.78, 5) is 24.6. The van der Waals surface area contributed by atoms with E-state index in [4.69, 9.17) is 24.0 Å². The number of phosphoric ester groups is 1. The van der Waals surface area contributed by atoms with E-state index in [1.165, 1.54) is 16.9 Å². The fraction of sp³-hybridized carbons (Fsp3) is 0.300. The Bertz CT molecular complexity index is 1350. The molecule has 33 heavy (non-hydrogen) atoms. The Hall–Kier alpha value is -3.02. The van der Waals surface area contributed by atoms with Crippen molar-refractivity contribution in [2.45, 2.75) is 26.9 Å². The standard InChI is InChI=1S/C20H22FN4O7P/c1-11-6-14-15(24-11)4-5-16(18(14)21)32-20-19-13(3)17(7-25(19)23-9-22-20)29-8-12(2)30-10-31-33(26,27)28/h4-7,9,12,24H,8,10H2,1-3H3,(H2,26,27,28)/t12-/m1/s1. The molecule has 0 aliphatic heterocycles. The molecule has 0 radical (unpaired) electrons. The number of fused-ring (bicyclic) bond motifs is 2. The van der Waals surface area contributed by atoms with E-state index in [1.807, 2.05) is 6.92 Å². The minimum absolute atomic E-state index is 0.0252. The van der Waals surface area contributed by atoms with E-state index in [-0.39, 0.29) is 18.2 Å². The lowest BCUT2D eigenvalue weighted by molar-refractivity contribution is -0.0541. The zero-order chi connectivity index (χ0) is 23.8. The largest absolute Gasteiger partial charge is 0.489 e. The van der Waals surface area contributed by atoms with Gasteiger partial charge in [-0.2, -0.15) is 10.1 Å². The topological polar surface area (TPSA) is 140 Å². The number of aromatic amines is 1. The van der Waals surface area contributed by atoms with Crippen LogP contribution in [0.3, 0.4) is 0 Å². The molecule has 1 aromatic carbocycles. The van der Waals surface area contributed by atoms with Crippen LogP contribution >= 0.6 is 7.82 Å². The van der Waals surface area contributed by atoms with Crippen LogP contribution < -0.4 is 9.47 Å². The first-order valence-electron chi connectivity index (χ1n) is 9.85. The molecule has 1 atom stereocenters. The number of hydrogen-bond donors (Lipinski definition) is 3. The molecule has 0 spiro atoms. The molecule has 11 nitrogen and oxygen atoms in total. The molecule has 4 rings (SSSR count). The van der Waals surface area contributed by atoms with E-state index in [9.17, 15) is 8.96 Å². The van der Waals surface area contributed by atoms with E-state index < -0.39 is 26.5 Å². The first-order chi connectivity index (χ1) is 15.6. The monoisotopic (exact) mass is 480 g/mol. The van der Waals surface area contributed by atoms with Crippen molar-refractivity contribution in [3.05, 3.63) is 47.8 Å². The lowest BCUT2D eigenvalue weighted by Crippen LogP contribution is -2.19. The van der Waals surface area contributed by atoms with Gasteiger partial charge in [-0.3, -0.25) is 4.52 Å². The van der Waals surface area contributed by atoms with Crippen LogP contribution in [0.25, 0.3) is 16.4 Å². The third-order valence-corrected chi connectivity index (χ3v) is 5.28. The quantitative estimate of drug-likeness (QED) is 0.242. The molecule has 0 aliphatic rings. The summed E-state index contributed by atoms with van der Waals surface area (Å²) in [5.74, 6) is 0.140. The van der Waals surface area contributed by atoms with E-state index in [1.54, 1.807) is 32.2 Å². The molecule has 0 unspecified atom stereocenters. The zero-order valence-electron chi connectivity index (χ0n) is 18.0. The van der Waals surface area contributed by atoms with E-state index in [2.05, 4.69) is 19.6 Å². The SMILES string of the molecule is Cc1cc2c(F)c(Oc3ncnn4cc(OC[C@@H](C)OCOP(=O)(O)O)c(C)c34)ccc2[nH]1. The highest BCUT2D eigenvalue weighted by Crippen LogP contribution is 2.36. The van der Waals surface area contributed by atoms with Crippen molar-refractivity contribution < 1.29 is 37.5 Å². The van der Waals surface area contributed by atoms with Crippen molar-refractivity contribution >= 4 is 24.2 Å². The number of rotatable bonds is 9. The number of nitrogens with zero attached hydrogens (tertiary/aromatic N) is 3. The number of H-pyrrole nitrogens is 1. The van der Waals surface area contributed by atoms with Gasteiger partial charge in [0.05, 0.1) is 12.3 Å². The number of ether oxygens (including phenoxy) is 3. The van der Waals surface area contributed by atoms with Gasteiger partial charge in [0.25, 0.3) is 0 Å². The maximum atomic E-state index is 15.0. The van der Waals surface area contributed by atoms with Gasteiger partial charge in [0.1, 0.15) is 24.2 Å². The second-order valence-electron chi connectivity index (χ2n) is 7.40. The molecule has 176 valence electrons. The molecule has 0 saturated carbocycles. The number of aromatic nitrogens is 4. The van der Waals surface area contributed by atoms with Gasteiger partial charge >= 0.3 is 7.82 Å². The van der Waals surface area contributed by atoms with Gasteiger partial charge in [0.2, 0.25) is 5.88 Å². The van der Waals surface area contributed by atoms with Crippen LogP contribution in [0.5, 0.6) is 17.4 Å². The fourth-order valence-electron chi connectivity index (χ4n) is 3.27. The Morgan fingerprint density at radius 3 is 2.82 bits per heavy atom. The first-order valence-corrected chi connectivity index (χ1v) is 11.4. The second kappa shape index (κ2) is 9.08. The predicted molar refractivity (Wildman–Crippen MR) is 115 cm³/mol. The fourth-order valence-corrected chi connectivity index (χ4v) is 3.47. The second-order valence-corrected chi connectivity index (χ2v) is 8.64. The van der Waals surface area contributed by atoms with Gasteiger partial charge < -0.3 is 29.0 Å². The highest BCUT2D eigenvalue weighted by atomic mass is 31.2. The lowest BCUT2D eigenvalue weighted by atomic mass is 10.2. The summed E-state index contributed by atoms with van der Waals surface area (Å²) in [5, 5.41) is 4.57. The Kier molecular flexibility index (Phi) is 6.37. The number of halogens is 1. The van der Waals surface area contributed by atoms with Gasteiger partial charge in [-0.05, 0) is 39.0 Å². The molecule has 13 heteroatoms. The summed E-state index contributed by atoms with van der Waals surface area (Å²) in [5.41, 5.74) is 2.65. The number of phosphoric acid groups is 1. The Labute approximate surface area is 187 Å². The number of nitrogens with one attached hydrogen (secondary N) is 1. The minimum Gasteiger partial charge on any atom is -0.489 e. The Morgan fingerprint density at radius 2 is 2.06 bits per heavy atom. The van der Waals surface area contributed by atoms with Gasteiger partial charge in [-0.25, -0.2) is 13.5 Å². The van der Waals surface area contributed by atoms with Crippen molar-refractivity contribution in [2.75, 3.05) is 13.4 Å². The highest BCUT2D eigenvalue weighted by molar-refractivity contribution is 7.46. The summed E-state index contributed by atoms with van der Waals surface area (Å²) < 4.78 is 48.2. The summed E-state index contributed by atoms with van der Waals surface area (Å²) in [6.07, 6.45) is 2.38.